The van der Waals surface area contributed by atoms with Crippen LogP contribution in [-0.2, 0) is 19.1 Å². The molecule has 0 radical (unpaired) electrons. The maximum Gasteiger partial charge on any atom is 0.384 e. The van der Waals surface area contributed by atoms with Crippen LogP contribution in [0.1, 0.15) is 6.92 Å². The predicted molar refractivity (Wildman–Crippen MR) is 36.4 cm³/mol. The van der Waals surface area contributed by atoms with Gasteiger partial charge in [0.15, 0.2) is 6.61 Å². The van der Waals surface area contributed by atoms with Crippen LogP contribution < -0.4 is 0 Å². The highest BCUT2D eigenvalue weighted by Crippen LogP contribution is 1.73. The van der Waals surface area contributed by atoms with Crippen molar-refractivity contribution in [2.45, 2.75) is 6.92 Å². The lowest BCUT2D eigenvalue weighted by Gasteiger charge is -1.90. The van der Waals surface area contributed by atoms with Crippen molar-refractivity contribution in [1.82, 2.24) is 0 Å². The Morgan fingerprint density at radius 3 is 2.55 bits per heavy atom. The molecule has 0 rings (SSSR count). The van der Waals surface area contributed by atoms with Crippen molar-refractivity contribution in [1.29, 1.82) is 0 Å². The lowest BCUT2D eigenvalue weighted by Crippen LogP contribution is -2.00. The fraction of sp³-hybridized carbons (Fsp3) is 0.429. The number of rotatable bonds is 1. The Kier molecular flexibility index (Phi) is 4.58. The smallest absolute Gasteiger partial charge is 0.384 e. The van der Waals surface area contributed by atoms with Crippen LogP contribution in [0, 0.1) is 11.8 Å². The van der Waals surface area contributed by atoms with Gasteiger partial charge in [0.1, 0.15) is 0 Å². The molecule has 0 aliphatic heterocycles. The molecule has 0 aromatic carbocycles. The van der Waals surface area contributed by atoms with Gasteiger partial charge in [0, 0.05) is 12.8 Å². The molecule has 0 aliphatic carbocycles. The van der Waals surface area contributed by atoms with Gasteiger partial charge in [-0.1, -0.05) is 0 Å². The highest BCUT2D eigenvalue weighted by atomic mass is 16.5. The van der Waals surface area contributed by atoms with E-state index in [1.165, 1.54) is 14.0 Å². The third-order valence-electron chi connectivity index (χ3n) is 0.723. The van der Waals surface area contributed by atoms with E-state index in [1.54, 1.807) is 0 Å². The minimum atomic E-state index is -0.642. The molecule has 0 atom stereocenters. The van der Waals surface area contributed by atoms with Crippen molar-refractivity contribution in [3.8, 4) is 11.8 Å². The lowest BCUT2D eigenvalue weighted by molar-refractivity contribution is -0.139. The average molecular weight is 156 g/mol. The standard InChI is InChI=1S/C7H8O4/c1-6(8)11-5-3-4-7(9)10-2/h5H2,1-2H3. The van der Waals surface area contributed by atoms with Gasteiger partial charge in [-0.2, -0.15) is 0 Å². The van der Waals surface area contributed by atoms with E-state index in [0.717, 1.165) is 0 Å². The molecule has 0 saturated heterocycles. The molecule has 0 amide bonds. The van der Waals surface area contributed by atoms with E-state index >= 15 is 0 Å². The third-order valence-corrected chi connectivity index (χ3v) is 0.723. The monoisotopic (exact) mass is 156 g/mol. The highest BCUT2D eigenvalue weighted by molar-refractivity contribution is 5.88. The number of carbonyl (C=O) groups excluding carboxylic acids is 2. The van der Waals surface area contributed by atoms with E-state index in [4.69, 9.17) is 0 Å². The van der Waals surface area contributed by atoms with Gasteiger partial charge in [-0.3, -0.25) is 4.79 Å². The molecule has 0 saturated carbocycles. The average Bonchev–Trinajstić information content (AvgIpc) is 1.97. The van der Waals surface area contributed by atoms with Gasteiger partial charge in [0.25, 0.3) is 0 Å². The van der Waals surface area contributed by atoms with Gasteiger partial charge in [0.2, 0.25) is 0 Å². The summed E-state index contributed by atoms with van der Waals surface area (Å²) in [6.45, 7) is 1.18. The van der Waals surface area contributed by atoms with Gasteiger partial charge in [-0.25, -0.2) is 4.79 Å². The van der Waals surface area contributed by atoms with Crippen molar-refractivity contribution in [2.75, 3.05) is 13.7 Å². The molecule has 0 aliphatic rings. The maximum absolute atomic E-state index is 10.3. The second-order valence-electron chi connectivity index (χ2n) is 1.57. The van der Waals surface area contributed by atoms with E-state index in [-0.39, 0.29) is 6.61 Å². The van der Waals surface area contributed by atoms with E-state index in [2.05, 4.69) is 21.3 Å². The first-order valence-corrected chi connectivity index (χ1v) is 2.87. The fourth-order valence-corrected chi connectivity index (χ4v) is 0.297. The number of esters is 2. The van der Waals surface area contributed by atoms with Crippen LogP contribution in [0.2, 0.25) is 0 Å². The Labute approximate surface area is 64.5 Å². The first-order chi connectivity index (χ1) is 5.16. The topological polar surface area (TPSA) is 52.6 Å². The summed E-state index contributed by atoms with van der Waals surface area (Å²) in [5.74, 6) is 3.33. The van der Waals surface area contributed by atoms with E-state index in [9.17, 15) is 9.59 Å². The Bertz CT molecular complexity index is 208. The summed E-state index contributed by atoms with van der Waals surface area (Å²) in [7, 11) is 1.23. The van der Waals surface area contributed by atoms with Crippen LogP contribution >= 0.6 is 0 Å². The highest BCUT2D eigenvalue weighted by Gasteiger charge is 1.89. The largest absolute Gasteiger partial charge is 0.459 e. The van der Waals surface area contributed by atoms with Gasteiger partial charge < -0.3 is 9.47 Å². The molecule has 11 heavy (non-hydrogen) atoms. The maximum atomic E-state index is 10.3. The molecule has 0 unspecified atom stereocenters. The molecule has 0 aromatic heterocycles. The van der Waals surface area contributed by atoms with E-state index < -0.39 is 11.9 Å². The number of methoxy groups -OCH3 is 1. The van der Waals surface area contributed by atoms with E-state index in [1.807, 2.05) is 0 Å². The summed E-state index contributed by atoms with van der Waals surface area (Å²) in [5, 5.41) is 0. The zero-order valence-corrected chi connectivity index (χ0v) is 6.34. The minimum absolute atomic E-state index is 0.0789. The summed E-state index contributed by atoms with van der Waals surface area (Å²) in [6, 6.07) is 0. The Balaban J connectivity index is 3.56. The first kappa shape index (κ1) is 9.50. The second-order valence-corrected chi connectivity index (χ2v) is 1.57. The molecule has 0 fully saturated rings. The predicted octanol–water partition coefficient (Wildman–Crippen LogP) is -0.274. The molecule has 0 aromatic rings. The van der Waals surface area contributed by atoms with E-state index in [0.29, 0.717) is 0 Å². The van der Waals surface area contributed by atoms with Crippen molar-refractivity contribution in [3.05, 3.63) is 0 Å². The first-order valence-electron chi connectivity index (χ1n) is 2.87. The number of carbonyl (C=O) groups is 2. The fourth-order valence-electron chi connectivity index (χ4n) is 0.297. The SMILES string of the molecule is COC(=O)C#CCOC(C)=O. The molecule has 60 valence electrons. The molecule has 0 spiro atoms. The molecular weight excluding hydrogens is 148 g/mol. The van der Waals surface area contributed by atoms with Gasteiger partial charge in [0.05, 0.1) is 7.11 Å². The Morgan fingerprint density at radius 2 is 2.09 bits per heavy atom. The summed E-state index contributed by atoms with van der Waals surface area (Å²) < 4.78 is 8.62. The number of hydrogen-bond acceptors (Lipinski definition) is 4. The normalized spacial score (nSPS) is 7.45. The second kappa shape index (κ2) is 5.30. The lowest BCUT2D eigenvalue weighted by atomic mass is 10.6. The van der Waals surface area contributed by atoms with Crippen LogP contribution in [0.25, 0.3) is 0 Å². The van der Waals surface area contributed by atoms with Crippen LogP contribution in [0.4, 0.5) is 0 Å². The molecule has 0 N–H and O–H groups in total. The molecule has 4 nitrogen and oxygen atoms in total. The van der Waals surface area contributed by atoms with Gasteiger partial charge >= 0.3 is 11.9 Å². The van der Waals surface area contributed by atoms with Crippen molar-refractivity contribution >= 4 is 11.9 Å². The quantitative estimate of drug-likeness (QED) is 0.298. The minimum Gasteiger partial charge on any atom is -0.459 e. The Morgan fingerprint density at radius 1 is 1.45 bits per heavy atom. The number of ether oxygens (including phenoxy) is 2. The van der Waals surface area contributed by atoms with Crippen molar-refractivity contribution in [2.24, 2.45) is 0 Å². The summed E-state index contributed by atoms with van der Waals surface area (Å²) in [5.41, 5.74) is 0. The van der Waals surface area contributed by atoms with Gasteiger partial charge in [-0.05, 0) is 5.92 Å². The van der Waals surface area contributed by atoms with Crippen LogP contribution in [0.15, 0.2) is 0 Å². The summed E-state index contributed by atoms with van der Waals surface area (Å²) in [6.07, 6.45) is 0. The molecule has 0 bridgehead atoms. The zero-order valence-electron chi connectivity index (χ0n) is 6.34. The third kappa shape index (κ3) is 6.38. The summed E-state index contributed by atoms with van der Waals surface area (Å²) >= 11 is 0. The van der Waals surface area contributed by atoms with Crippen LogP contribution in [-0.4, -0.2) is 25.7 Å². The van der Waals surface area contributed by atoms with Crippen LogP contribution in [0.3, 0.4) is 0 Å². The van der Waals surface area contributed by atoms with Crippen molar-refractivity contribution in [3.63, 3.8) is 0 Å². The van der Waals surface area contributed by atoms with Gasteiger partial charge in [-0.15, -0.1) is 0 Å². The Hall–Kier alpha value is -1.50. The summed E-state index contributed by atoms with van der Waals surface area (Å²) in [4.78, 5) is 20.5. The zero-order chi connectivity index (χ0) is 8.69. The number of hydrogen-bond donors (Lipinski definition) is 0. The molecule has 4 heteroatoms. The van der Waals surface area contributed by atoms with Crippen molar-refractivity contribution < 1.29 is 19.1 Å². The molecular formula is C7H8O4. The molecule has 0 heterocycles. The van der Waals surface area contributed by atoms with Crippen LogP contribution in [0.5, 0.6) is 0 Å².